The van der Waals surface area contributed by atoms with Crippen LogP contribution in [0.3, 0.4) is 0 Å². The zero-order valence-electron chi connectivity index (χ0n) is 17.0. The third kappa shape index (κ3) is 3.96. The predicted molar refractivity (Wildman–Crippen MR) is 118 cm³/mol. The van der Waals surface area contributed by atoms with Gasteiger partial charge in [-0.05, 0) is 30.9 Å². The number of nitrogens with zero attached hydrogens (tertiary/aromatic N) is 4. The Morgan fingerprint density at radius 3 is 2.70 bits per heavy atom. The van der Waals surface area contributed by atoms with E-state index in [0.717, 1.165) is 79.1 Å². The molecule has 2 aliphatic rings. The van der Waals surface area contributed by atoms with E-state index in [-0.39, 0.29) is 5.56 Å². The molecule has 0 fully saturated rings. The summed E-state index contributed by atoms with van der Waals surface area (Å²) in [7, 11) is 0. The van der Waals surface area contributed by atoms with E-state index in [4.69, 9.17) is 4.98 Å². The Labute approximate surface area is 175 Å². The largest absolute Gasteiger partial charge is 0.305 e. The highest BCUT2D eigenvalue weighted by atomic mass is 16.1. The number of hydrogen-bond acceptors (Lipinski definition) is 5. The molecular weight excluding hydrogens is 374 g/mol. The van der Waals surface area contributed by atoms with E-state index in [1.54, 1.807) is 0 Å². The van der Waals surface area contributed by atoms with Gasteiger partial charge in [0.05, 0.1) is 22.7 Å². The molecule has 0 amide bonds. The summed E-state index contributed by atoms with van der Waals surface area (Å²) in [6.45, 7) is 3.11. The Balaban J connectivity index is 1.30. The zero-order chi connectivity index (χ0) is 20.3. The Bertz CT molecular complexity index is 1120. The zero-order valence-corrected chi connectivity index (χ0v) is 17.0. The van der Waals surface area contributed by atoms with Gasteiger partial charge >= 0.3 is 0 Å². The molecule has 2 aromatic heterocycles. The minimum absolute atomic E-state index is 0.0227. The van der Waals surface area contributed by atoms with Gasteiger partial charge in [-0.1, -0.05) is 36.4 Å². The van der Waals surface area contributed by atoms with Crippen LogP contribution in [0.25, 0.3) is 11.3 Å². The molecule has 6 heteroatoms. The van der Waals surface area contributed by atoms with Gasteiger partial charge in [0.25, 0.3) is 5.56 Å². The number of aromatic nitrogens is 3. The highest BCUT2D eigenvalue weighted by Gasteiger charge is 2.22. The van der Waals surface area contributed by atoms with Crippen molar-refractivity contribution in [2.24, 2.45) is 4.99 Å². The van der Waals surface area contributed by atoms with Crippen LogP contribution in [0.1, 0.15) is 41.9 Å². The first-order valence-corrected chi connectivity index (χ1v) is 10.6. The van der Waals surface area contributed by atoms with E-state index in [0.29, 0.717) is 12.4 Å². The lowest BCUT2D eigenvalue weighted by atomic mass is 10.0. The standard InChI is InChI=1S/C24H25N5O/c30-24-19-16-29(13-11-21(19)27-23(28-24)22-8-4-5-12-25-22)15-17-9-10-20(26-14-17)18-6-2-1-3-7-18/h1-3,6-7,9-10,14H,4-5,8,11-13,15-16H2,(H,27,28,30). The SMILES string of the molecule is O=c1[nH]c(C2=NCCCC2)nc2c1CN(Cc1ccc(-c3ccccc3)nc1)CC2. The van der Waals surface area contributed by atoms with E-state index in [1.165, 1.54) is 0 Å². The third-order valence-corrected chi connectivity index (χ3v) is 5.85. The Morgan fingerprint density at radius 2 is 1.93 bits per heavy atom. The monoisotopic (exact) mass is 399 g/mol. The second kappa shape index (κ2) is 8.32. The number of H-pyrrole nitrogens is 1. The van der Waals surface area contributed by atoms with Crippen LogP contribution in [-0.2, 0) is 19.5 Å². The summed E-state index contributed by atoms with van der Waals surface area (Å²) in [5.74, 6) is 0.674. The van der Waals surface area contributed by atoms with Crippen LogP contribution in [0.2, 0.25) is 0 Å². The number of fused-ring (bicyclic) bond motifs is 1. The van der Waals surface area contributed by atoms with E-state index in [9.17, 15) is 4.79 Å². The number of aromatic amines is 1. The summed E-state index contributed by atoms with van der Waals surface area (Å²) in [6.07, 6.45) is 5.86. The van der Waals surface area contributed by atoms with Crippen molar-refractivity contribution < 1.29 is 0 Å². The lowest BCUT2D eigenvalue weighted by Crippen LogP contribution is -2.36. The number of nitrogens with one attached hydrogen (secondary N) is 1. The Kier molecular flexibility index (Phi) is 5.24. The molecule has 0 unspecified atom stereocenters. The summed E-state index contributed by atoms with van der Waals surface area (Å²) in [6, 6.07) is 14.4. The molecule has 0 radical (unpaired) electrons. The van der Waals surface area contributed by atoms with Crippen molar-refractivity contribution >= 4 is 5.71 Å². The van der Waals surface area contributed by atoms with Gasteiger partial charge in [-0.3, -0.25) is 19.7 Å². The van der Waals surface area contributed by atoms with Crippen LogP contribution < -0.4 is 5.56 Å². The van der Waals surface area contributed by atoms with Gasteiger partial charge in [-0.25, -0.2) is 4.98 Å². The number of pyridine rings is 1. The van der Waals surface area contributed by atoms with Gasteiger partial charge in [-0.15, -0.1) is 0 Å². The van der Waals surface area contributed by atoms with Gasteiger partial charge in [-0.2, -0.15) is 0 Å². The van der Waals surface area contributed by atoms with Crippen LogP contribution >= 0.6 is 0 Å². The Hall–Kier alpha value is -3.12. The topological polar surface area (TPSA) is 74.2 Å². The summed E-state index contributed by atoms with van der Waals surface area (Å²) in [5, 5.41) is 0. The quantitative estimate of drug-likeness (QED) is 0.730. The highest BCUT2D eigenvalue weighted by molar-refractivity contribution is 5.97. The van der Waals surface area contributed by atoms with Crippen molar-refractivity contribution in [2.75, 3.05) is 13.1 Å². The summed E-state index contributed by atoms with van der Waals surface area (Å²) < 4.78 is 0. The van der Waals surface area contributed by atoms with Crippen molar-refractivity contribution in [2.45, 2.75) is 38.8 Å². The number of rotatable bonds is 4. The fourth-order valence-corrected chi connectivity index (χ4v) is 4.20. The average Bonchev–Trinajstić information content (AvgIpc) is 2.81. The van der Waals surface area contributed by atoms with Crippen molar-refractivity contribution in [1.29, 1.82) is 0 Å². The first kappa shape index (κ1) is 18.9. The fourth-order valence-electron chi connectivity index (χ4n) is 4.20. The van der Waals surface area contributed by atoms with Crippen molar-refractivity contribution in [3.8, 4) is 11.3 Å². The van der Waals surface area contributed by atoms with Crippen molar-refractivity contribution in [3.63, 3.8) is 0 Å². The molecule has 6 nitrogen and oxygen atoms in total. The maximum Gasteiger partial charge on any atom is 0.255 e. The second-order valence-electron chi connectivity index (χ2n) is 8.00. The van der Waals surface area contributed by atoms with Crippen LogP contribution in [0.5, 0.6) is 0 Å². The normalized spacial score (nSPS) is 16.7. The van der Waals surface area contributed by atoms with Crippen LogP contribution in [0, 0.1) is 0 Å². The molecule has 30 heavy (non-hydrogen) atoms. The van der Waals surface area contributed by atoms with E-state index < -0.39 is 0 Å². The van der Waals surface area contributed by atoms with Gasteiger partial charge in [0.1, 0.15) is 0 Å². The maximum absolute atomic E-state index is 12.7. The molecule has 152 valence electrons. The van der Waals surface area contributed by atoms with Gasteiger partial charge < -0.3 is 4.98 Å². The molecule has 1 aromatic carbocycles. The molecular formula is C24H25N5O. The summed E-state index contributed by atoms with van der Waals surface area (Å²) in [5.41, 5.74) is 5.88. The number of hydrogen-bond donors (Lipinski definition) is 1. The Morgan fingerprint density at radius 1 is 1.03 bits per heavy atom. The smallest absolute Gasteiger partial charge is 0.255 e. The van der Waals surface area contributed by atoms with Crippen LogP contribution in [0.4, 0.5) is 0 Å². The molecule has 0 saturated heterocycles. The lowest BCUT2D eigenvalue weighted by molar-refractivity contribution is 0.241. The number of aliphatic imine (C=N–C) groups is 1. The summed E-state index contributed by atoms with van der Waals surface area (Å²) in [4.78, 5) is 31.9. The van der Waals surface area contributed by atoms with Gasteiger partial charge in [0, 0.05) is 44.4 Å². The third-order valence-electron chi connectivity index (χ3n) is 5.85. The van der Waals surface area contributed by atoms with Crippen LogP contribution in [0.15, 0.2) is 58.4 Å². The minimum Gasteiger partial charge on any atom is -0.305 e. The van der Waals surface area contributed by atoms with E-state index >= 15 is 0 Å². The highest BCUT2D eigenvalue weighted by Crippen LogP contribution is 2.20. The molecule has 0 aliphatic carbocycles. The molecule has 0 atom stereocenters. The fraction of sp³-hybridized carbons (Fsp3) is 0.333. The number of benzene rings is 1. The minimum atomic E-state index is -0.0227. The molecule has 0 saturated carbocycles. The van der Waals surface area contributed by atoms with E-state index in [1.807, 2.05) is 24.4 Å². The molecule has 0 spiro atoms. The first-order valence-electron chi connectivity index (χ1n) is 10.6. The molecule has 0 bridgehead atoms. The molecule has 2 aliphatic heterocycles. The molecule has 5 rings (SSSR count). The van der Waals surface area contributed by atoms with E-state index in [2.05, 4.69) is 44.1 Å². The first-order chi connectivity index (χ1) is 14.8. The van der Waals surface area contributed by atoms with Gasteiger partial charge in [0.15, 0.2) is 5.82 Å². The van der Waals surface area contributed by atoms with Crippen LogP contribution in [-0.4, -0.2) is 38.7 Å². The molecule has 3 aromatic rings. The molecule has 1 N–H and O–H groups in total. The summed E-state index contributed by atoms with van der Waals surface area (Å²) >= 11 is 0. The van der Waals surface area contributed by atoms with Crippen molar-refractivity contribution in [1.82, 2.24) is 19.9 Å². The maximum atomic E-state index is 12.7. The lowest BCUT2D eigenvalue weighted by Gasteiger charge is -2.27. The van der Waals surface area contributed by atoms with Crippen molar-refractivity contribution in [3.05, 3.63) is 81.7 Å². The predicted octanol–water partition coefficient (Wildman–Crippen LogP) is 3.36. The second-order valence-corrected chi connectivity index (χ2v) is 8.00. The molecule has 4 heterocycles. The van der Waals surface area contributed by atoms with Gasteiger partial charge in [0.2, 0.25) is 0 Å². The average molecular weight is 399 g/mol.